The summed E-state index contributed by atoms with van der Waals surface area (Å²) in [7, 11) is 0. The van der Waals surface area contributed by atoms with Gasteiger partial charge in [-0.25, -0.2) is 4.98 Å². The molecule has 0 spiro atoms. The van der Waals surface area contributed by atoms with Gasteiger partial charge in [-0.05, 0) is 52.3 Å². The van der Waals surface area contributed by atoms with Crippen molar-refractivity contribution in [2.24, 2.45) is 0 Å². The first kappa shape index (κ1) is 14.2. The molecule has 1 heterocycles. The molecule has 0 saturated carbocycles. The zero-order chi connectivity index (χ0) is 14.3. The van der Waals surface area contributed by atoms with Crippen molar-refractivity contribution >= 4 is 61.8 Å². The summed E-state index contributed by atoms with van der Waals surface area (Å²) in [5.74, 6) is 1.06. The maximum absolute atomic E-state index is 6.17. The molecule has 0 amide bonds. The number of nitrogens with zero attached hydrogens (tertiary/aromatic N) is 2. The molecule has 0 aliphatic carbocycles. The van der Waals surface area contributed by atoms with Gasteiger partial charge < -0.3 is 0 Å². The van der Waals surface area contributed by atoms with Crippen LogP contribution in [0, 0.1) is 0 Å². The molecule has 0 radical (unpaired) electrons. The maximum Gasteiger partial charge on any atom is 0.129 e. The van der Waals surface area contributed by atoms with Gasteiger partial charge >= 0.3 is 0 Å². The van der Waals surface area contributed by atoms with Gasteiger partial charge in [-0.3, -0.25) is 4.57 Å². The Morgan fingerprint density at radius 3 is 2.60 bits per heavy atom. The van der Waals surface area contributed by atoms with Gasteiger partial charge in [0, 0.05) is 15.2 Å². The van der Waals surface area contributed by atoms with Crippen LogP contribution < -0.4 is 0 Å². The molecule has 0 unspecified atom stereocenters. The lowest BCUT2D eigenvalue weighted by molar-refractivity contribution is 0.981. The predicted octanol–water partition coefficient (Wildman–Crippen LogP) is 5.83. The summed E-state index contributed by atoms with van der Waals surface area (Å²) in [6, 6.07) is 11.3. The molecule has 2 aromatic carbocycles. The van der Waals surface area contributed by atoms with Crippen LogP contribution in [0.2, 0.25) is 10.0 Å². The molecular weight excluding hydrogens is 382 g/mol. The minimum atomic E-state index is 0.306. The third-order valence-corrected chi connectivity index (χ3v) is 4.67. The minimum absolute atomic E-state index is 0.306. The molecular formula is C14H8BrCl3N2. The number of fused-ring (bicyclic) bond motifs is 1. The number of aromatic nitrogens is 2. The first-order valence-electron chi connectivity index (χ1n) is 5.78. The molecule has 20 heavy (non-hydrogen) atoms. The molecule has 102 valence electrons. The van der Waals surface area contributed by atoms with Crippen LogP contribution in [0.3, 0.4) is 0 Å². The second-order valence-electron chi connectivity index (χ2n) is 4.23. The summed E-state index contributed by atoms with van der Waals surface area (Å²) >= 11 is 21.6. The Bertz CT molecular complexity index is 798. The van der Waals surface area contributed by atoms with Crippen LogP contribution in [0.1, 0.15) is 5.82 Å². The lowest BCUT2D eigenvalue weighted by Crippen LogP contribution is -1.99. The molecule has 0 aliphatic rings. The van der Waals surface area contributed by atoms with Gasteiger partial charge in [0.1, 0.15) is 5.82 Å². The van der Waals surface area contributed by atoms with Crippen molar-refractivity contribution in [2.45, 2.75) is 5.88 Å². The van der Waals surface area contributed by atoms with E-state index in [9.17, 15) is 0 Å². The summed E-state index contributed by atoms with van der Waals surface area (Å²) in [4.78, 5) is 4.52. The van der Waals surface area contributed by atoms with Crippen LogP contribution >= 0.6 is 50.7 Å². The number of rotatable bonds is 2. The van der Waals surface area contributed by atoms with Gasteiger partial charge in [-0.15, -0.1) is 11.6 Å². The molecule has 6 heteroatoms. The summed E-state index contributed by atoms with van der Waals surface area (Å²) in [6.07, 6.45) is 0. The highest BCUT2D eigenvalue weighted by Crippen LogP contribution is 2.29. The van der Waals surface area contributed by atoms with Crippen molar-refractivity contribution in [1.82, 2.24) is 9.55 Å². The zero-order valence-electron chi connectivity index (χ0n) is 10.1. The fourth-order valence-corrected chi connectivity index (χ4v) is 2.87. The van der Waals surface area contributed by atoms with E-state index >= 15 is 0 Å². The van der Waals surface area contributed by atoms with Gasteiger partial charge in [0.2, 0.25) is 0 Å². The molecule has 3 rings (SSSR count). The van der Waals surface area contributed by atoms with Crippen LogP contribution in [-0.2, 0) is 5.88 Å². The Morgan fingerprint density at radius 1 is 1.10 bits per heavy atom. The van der Waals surface area contributed by atoms with Gasteiger partial charge in [0.05, 0.1) is 21.9 Å². The standard InChI is InChI=1S/C14H8BrCl3N2/c15-10-3-2-9(6-11(10)18)20-13-5-8(17)1-4-12(13)19-14(20)7-16/h1-6H,7H2. The molecule has 0 aliphatic heterocycles. The lowest BCUT2D eigenvalue weighted by Gasteiger charge is -2.09. The maximum atomic E-state index is 6.17. The quantitative estimate of drug-likeness (QED) is 0.503. The molecule has 0 N–H and O–H groups in total. The third-order valence-electron chi connectivity index (χ3n) is 2.97. The number of benzene rings is 2. The van der Waals surface area contributed by atoms with Crippen molar-refractivity contribution in [1.29, 1.82) is 0 Å². The van der Waals surface area contributed by atoms with Gasteiger partial charge in [-0.1, -0.05) is 23.2 Å². The Kier molecular flexibility index (Phi) is 3.95. The van der Waals surface area contributed by atoms with Crippen LogP contribution in [0.4, 0.5) is 0 Å². The van der Waals surface area contributed by atoms with Gasteiger partial charge in [0.25, 0.3) is 0 Å². The van der Waals surface area contributed by atoms with Crippen LogP contribution in [-0.4, -0.2) is 9.55 Å². The van der Waals surface area contributed by atoms with E-state index in [1.165, 1.54) is 0 Å². The number of alkyl halides is 1. The fourth-order valence-electron chi connectivity index (χ4n) is 2.10. The van der Waals surface area contributed by atoms with Crippen LogP contribution in [0.5, 0.6) is 0 Å². The van der Waals surface area contributed by atoms with Crippen molar-refractivity contribution in [2.75, 3.05) is 0 Å². The van der Waals surface area contributed by atoms with Crippen molar-refractivity contribution in [3.63, 3.8) is 0 Å². The first-order valence-corrected chi connectivity index (χ1v) is 7.87. The van der Waals surface area contributed by atoms with Crippen LogP contribution in [0.15, 0.2) is 40.9 Å². The van der Waals surface area contributed by atoms with E-state index in [2.05, 4.69) is 20.9 Å². The summed E-state index contributed by atoms with van der Waals surface area (Å²) in [5, 5.41) is 1.29. The molecule has 0 atom stereocenters. The largest absolute Gasteiger partial charge is 0.295 e. The van der Waals surface area contributed by atoms with Crippen LogP contribution in [0.25, 0.3) is 16.7 Å². The smallest absolute Gasteiger partial charge is 0.129 e. The number of imidazole rings is 1. The zero-order valence-corrected chi connectivity index (χ0v) is 13.9. The van der Waals surface area contributed by atoms with E-state index in [1.807, 2.05) is 41.0 Å². The van der Waals surface area contributed by atoms with E-state index in [0.717, 1.165) is 27.0 Å². The number of halogens is 4. The van der Waals surface area contributed by atoms with Gasteiger partial charge in [-0.2, -0.15) is 0 Å². The SMILES string of the molecule is ClCc1nc2ccc(Cl)cc2n1-c1ccc(Br)c(Cl)c1. The normalized spacial score (nSPS) is 11.2. The molecule has 2 nitrogen and oxygen atoms in total. The first-order chi connectivity index (χ1) is 9.60. The lowest BCUT2D eigenvalue weighted by atomic mass is 10.2. The Labute approximate surface area is 139 Å². The number of hydrogen-bond donors (Lipinski definition) is 0. The molecule has 3 aromatic rings. The van der Waals surface area contributed by atoms with Gasteiger partial charge in [0.15, 0.2) is 0 Å². The monoisotopic (exact) mass is 388 g/mol. The van der Waals surface area contributed by atoms with E-state index in [4.69, 9.17) is 34.8 Å². The second kappa shape index (κ2) is 5.57. The average Bonchev–Trinajstić information content (AvgIpc) is 2.79. The summed E-state index contributed by atoms with van der Waals surface area (Å²) < 4.78 is 2.81. The fraction of sp³-hybridized carbons (Fsp3) is 0.0714. The number of hydrogen-bond acceptors (Lipinski definition) is 1. The molecule has 1 aromatic heterocycles. The molecule has 0 fully saturated rings. The summed E-state index contributed by atoms with van der Waals surface area (Å²) in [6.45, 7) is 0. The highest BCUT2D eigenvalue weighted by molar-refractivity contribution is 9.10. The second-order valence-corrected chi connectivity index (χ2v) is 6.19. The highest BCUT2D eigenvalue weighted by atomic mass is 79.9. The van der Waals surface area contributed by atoms with Crippen molar-refractivity contribution in [3.8, 4) is 5.69 Å². The molecule has 0 bridgehead atoms. The minimum Gasteiger partial charge on any atom is -0.295 e. The van der Waals surface area contributed by atoms with E-state index in [-0.39, 0.29) is 0 Å². The van der Waals surface area contributed by atoms with E-state index in [0.29, 0.717) is 15.9 Å². The predicted molar refractivity (Wildman–Crippen MR) is 88.3 cm³/mol. The Balaban J connectivity index is 2.32. The van der Waals surface area contributed by atoms with E-state index < -0.39 is 0 Å². The van der Waals surface area contributed by atoms with Crippen molar-refractivity contribution < 1.29 is 0 Å². The Morgan fingerprint density at radius 2 is 1.90 bits per heavy atom. The highest BCUT2D eigenvalue weighted by Gasteiger charge is 2.13. The third kappa shape index (κ3) is 2.44. The summed E-state index contributed by atoms with van der Waals surface area (Å²) in [5.41, 5.74) is 2.66. The average molecular weight is 390 g/mol. The van der Waals surface area contributed by atoms with E-state index in [1.54, 1.807) is 0 Å². The topological polar surface area (TPSA) is 17.8 Å². The Hall–Kier alpha value is -0.740. The van der Waals surface area contributed by atoms with Crippen molar-refractivity contribution in [3.05, 3.63) is 56.7 Å². The molecule has 0 saturated heterocycles.